The second kappa shape index (κ2) is 7.09. The molecule has 0 unspecified atom stereocenters. The van der Waals surface area contributed by atoms with Crippen LogP contribution in [-0.4, -0.2) is 36.2 Å². The Hall–Kier alpha value is -2.04. The number of thiazole rings is 1. The Morgan fingerprint density at radius 1 is 1.25 bits per heavy atom. The van der Waals surface area contributed by atoms with E-state index < -0.39 is 0 Å². The number of fused-ring (bicyclic) bond motifs is 4. The Kier molecular flexibility index (Phi) is 4.56. The predicted octanol–water partition coefficient (Wildman–Crippen LogP) is 4.02. The van der Waals surface area contributed by atoms with Crippen LogP contribution < -0.4 is 5.32 Å². The third kappa shape index (κ3) is 3.09. The Balaban J connectivity index is 1.32. The van der Waals surface area contributed by atoms with Crippen molar-refractivity contribution in [2.75, 3.05) is 11.1 Å². The molecular formula is C18H18N6OS3. The number of hydrogen-bond acceptors (Lipinski definition) is 8. The van der Waals surface area contributed by atoms with Gasteiger partial charge in [0.25, 0.3) is 0 Å². The lowest BCUT2D eigenvalue weighted by molar-refractivity contribution is -0.113. The number of carbonyl (C=O) groups is 1. The fraction of sp³-hybridized carbons (Fsp3) is 0.389. The summed E-state index contributed by atoms with van der Waals surface area (Å²) in [5.41, 5.74) is 3.13. The molecule has 4 heterocycles. The van der Waals surface area contributed by atoms with Gasteiger partial charge in [0.1, 0.15) is 11.2 Å². The molecule has 0 aliphatic heterocycles. The van der Waals surface area contributed by atoms with Crippen LogP contribution in [0.25, 0.3) is 15.9 Å². The molecular weight excluding hydrogens is 412 g/mol. The second-order valence-corrected chi connectivity index (χ2v) is 10.0. The van der Waals surface area contributed by atoms with Gasteiger partial charge in [-0.05, 0) is 45.1 Å². The number of aryl methyl sites for hydroxylation is 4. The van der Waals surface area contributed by atoms with Crippen molar-refractivity contribution >= 4 is 61.3 Å². The number of amides is 1. The monoisotopic (exact) mass is 430 g/mol. The number of nitrogens with one attached hydrogen (secondary N) is 1. The van der Waals surface area contributed by atoms with E-state index in [2.05, 4.69) is 39.3 Å². The molecule has 5 rings (SSSR count). The first kappa shape index (κ1) is 18.0. The van der Waals surface area contributed by atoms with Crippen LogP contribution in [0.1, 0.15) is 33.9 Å². The maximum absolute atomic E-state index is 12.4. The normalized spacial score (nSPS) is 13.9. The van der Waals surface area contributed by atoms with Crippen molar-refractivity contribution in [3.05, 3.63) is 27.3 Å². The number of thioether (sulfide) groups is 1. The molecule has 28 heavy (non-hydrogen) atoms. The molecule has 1 N–H and O–H groups in total. The number of carbonyl (C=O) groups excluding carboxylic acids is 1. The average Bonchev–Trinajstić information content (AvgIpc) is 3.35. The van der Waals surface area contributed by atoms with Crippen LogP contribution in [0.4, 0.5) is 5.13 Å². The lowest BCUT2D eigenvalue weighted by Gasteiger charge is -2.06. The second-order valence-electron chi connectivity index (χ2n) is 6.82. The summed E-state index contributed by atoms with van der Waals surface area (Å²) in [7, 11) is 0. The molecule has 0 spiro atoms. The highest BCUT2D eigenvalue weighted by Gasteiger charge is 2.18. The molecule has 4 aromatic heterocycles. The van der Waals surface area contributed by atoms with Gasteiger partial charge in [-0.2, -0.15) is 0 Å². The van der Waals surface area contributed by atoms with Gasteiger partial charge in [-0.1, -0.05) is 11.8 Å². The summed E-state index contributed by atoms with van der Waals surface area (Å²) < 4.78 is 1.86. The maximum Gasteiger partial charge on any atom is 0.236 e. The summed E-state index contributed by atoms with van der Waals surface area (Å²) >= 11 is 4.62. The van der Waals surface area contributed by atoms with Gasteiger partial charge >= 0.3 is 0 Å². The minimum Gasteiger partial charge on any atom is -0.301 e. The van der Waals surface area contributed by atoms with Gasteiger partial charge in [-0.3, -0.25) is 9.20 Å². The van der Waals surface area contributed by atoms with Crippen LogP contribution in [0.3, 0.4) is 0 Å². The van der Waals surface area contributed by atoms with Crippen LogP contribution in [0.5, 0.6) is 0 Å². The Labute approximate surface area is 173 Å². The van der Waals surface area contributed by atoms with E-state index in [4.69, 9.17) is 0 Å². The van der Waals surface area contributed by atoms with E-state index in [1.54, 1.807) is 29.0 Å². The van der Waals surface area contributed by atoms with Gasteiger partial charge in [-0.15, -0.1) is 32.9 Å². The zero-order valence-corrected chi connectivity index (χ0v) is 17.9. The van der Waals surface area contributed by atoms with Crippen molar-refractivity contribution < 1.29 is 4.79 Å². The molecule has 0 saturated carbocycles. The van der Waals surface area contributed by atoms with Crippen LogP contribution in [-0.2, 0) is 17.6 Å². The van der Waals surface area contributed by atoms with Crippen molar-refractivity contribution in [3.8, 4) is 0 Å². The summed E-state index contributed by atoms with van der Waals surface area (Å²) in [4.78, 5) is 25.0. The van der Waals surface area contributed by atoms with E-state index in [9.17, 15) is 4.79 Å². The minimum atomic E-state index is -0.0792. The van der Waals surface area contributed by atoms with Gasteiger partial charge in [0.05, 0.1) is 16.8 Å². The number of rotatable bonds is 4. The molecule has 0 aromatic carbocycles. The summed E-state index contributed by atoms with van der Waals surface area (Å²) in [6.07, 6.45) is 6.23. The van der Waals surface area contributed by atoms with E-state index in [0.717, 1.165) is 34.4 Å². The Morgan fingerprint density at radius 3 is 2.96 bits per heavy atom. The average molecular weight is 431 g/mol. The van der Waals surface area contributed by atoms with Gasteiger partial charge < -0.3 is 5.32 Å². The zero-order chi connectivity index (χ0) is 19.3. The van der Waals surface area contributed by atoms with E-state index in [1.807, 2.05) is 4.40 Å². The van der Waals surface area contributed by atoms with E-state index >= 15 is 0 Å². The fourth-order valence-corrected chi connectivity index (χ4v) is 6.18. The van der Waals surface area contributed by atoms with Crippen LogP contribution in [0.2, 0.25) is 0 Å². The quantitative estimate of drug-likeness (QED) is 0.492. The van der Waals surface area contributed by atoms with Crippen molar-refractivity contribution in [1.82, 2.24) is 24.6 Å². The zero-order valence-electron chi connectivity index (χ0n) is 15.5. The molecule has 0 saturated heterocycles. The highest BCUT2D eigenvalue weighted by atomic mass is 32.2. The molecule has 0 bridgehead atoms. The fourth-order valence-electron chi connectivity index (χ4n) is 3.41. The third-order valence-electron chi connectivity index (χ3n) is 4.97. The van der Waals surface area contributed by atoms with Crippen molar-refractivity contribution in [2.24, 2.45) is 0 Å². The van der Waals surface area contributed by atoms with Crippen molar-refractivity contribution in [1.29, 1.82) is 0 Å². The molecule has 0 atom stereocenters. The molecule has 1 aliphatic rings. The van der Waals surface area contributed by atoms with Crippen LogP contribution in [0, 0.1) is 13.8 Å². The first-order valence-corrected chi connectivity index (χ1v) is 11.7. The van der Waals surface area contributed by atoms with Crippen LogP contribution in [0.15, 0.2) is 11.5 Å². The summed E-state index contributed by atoms with van der Waals surface area (Å²) in [6, 6.07) is 0. The summed E-state index contributed by atoms with van der Waals surface area (Å²) in [5, 5.41) is 14.0. The van der Waals surface area contributed by atoms with Crippen LogP contribution >= 0.6 is 34.4 Å². The van der Waals surface area contributed by atoms with Crippen molar-refractivity contribution in [2.45, 2.75) is 44.7 Å². The molecule has 0 radical (unpaired) electrons. The van der Waals surface area contributed by atoms with E-state index in [-0.39, 0.29) is 11.7 Å². The summed E-state index contributed by atoms with van der Waals surface area (Å²) in [5.74, 6) is 0.175. The lowest BCUT2D eigenvalue weighted by atomic mass is 10.0. The molecule has 0 fully saturated rings. The first-order chi connectivity index (χ1) is 13.6. The topological polar surface area (TPSA) is 85.1 Å². The molecule has 7 nitrogen and oxygen atoms in total. The van der Waals surface area contributed by atoms with Gasteiger partial charge in [0, 0.05) is 9.75 Å². The third-order valence-corrected chi connectivity index (χ3v) is 8.10. The molecule has 1 amide bonds. The smallest absolute Gasteiger partial charge is 0.236 e. The van der Waals surface area contributed by atoms with Gasteiger partial charge in [0.15, 0.2) is 15.9 Å². The number of thiophene rings is 1. The standard InChI is InChI=1S/C18H18N6OS3/c1-9-10(2)27-16-14(9)15-22-23-18(24(15)8-19-16)26-7-13(25)21-17-20-11-5-3-4-6-12(11)28-17/h8H,3-7H2,1-2H3,(H,20,21,25). The maximum atomic E-state index is 12.4. The minimum absolute atomic E-state index is 0.0792. The van der Waals surface area contributed by atoms with E-state index in [0.29, 0.717) is 10.3 Å². The van der Waals surface area contributed by atoms with Crippen molar-refractivity contribution in [3.63, 3.8) is 0 Å². The lowest BCUT2D eigenvalue weighted by Crippen LogP contribution is -2.14. The molecule has 1 aliphatic carbocycles. The number of nitrogens with zero attached hydrogens (tertiary/aromatic N) is 5. The first-order valence-electron chi connectivity index (χ1n) is 9.11. The van der Waals surface area contributed by atoms with Gasteiger partial charge in [-0.25, -0.2) is 9.97 Å². The highest BCUT2D eigenvalue weighted by molar-refractivity contribution is 7.99. The van der Waals surface area contributed by atoms with Gasteiger partial charge in [0.2, 0.25) is 5.91 Å². The molecule has 144 valence electrons. The number of aromatic nitrogens is 5. The number of hydrogen-bond donors (Lipinski definition) is 1. The molecule has 10 heteroatoms. The number of anilines is 1. The Morgan fingerprint density at radius 2 is 2.11 bits per heavy atom. The van der Waals surface area contributed by atoms with E-state index in [1.165, 1.54) is 39.9 Å². The highest BCUT2D eigenvalue weighted by Crippen LogP contribution is 2.32. The Bertz CT molecular complexity index is 1180. The largest absolute Gasteiger partial charge is 0.301 e. The summed E-state index contributed by atoms with van der Waals surface area (Å²) in [6.45, 7) is 4.17. The SMILES string of the molecule is Cc1sc2ncn3c(SCC(=O)Nc4nc5c(s4)CCCC5)nnc3c2c1C. The molecule has 4 aromatic rings. The predicted molar refractivity (Wildman–Crippen MR) is 114 cm³/mol.